The number of rotatable bonds is 4. The Morgan fingerprint density at radius 2 is 2.00 bits per heavy atom. The molecule has 0 unspecified atom stereocenters. The van der Waals surface area contributed by atoms with E-state index in [1.165, 1.54) is 12.3 Å². The fourth-order valence-corrected chi connectivity index (χ4v) is 1.43. The SMILES string of the molecule is CC(C)(O)C(C)(C)Nc1ncc(Br)cc1[N+](=O)[O-]. The van der Waals surface area contributed by atoms with Gasteiger partial charge in [-0.2, -0.15) is 0 Å². The molecule has 0 atom stereocenters. The second-order valence-electron chi connectivity index (χ2n) is 5.09. The molecule has 2 N–H and O–H groups in total. The Bertz CT molecular complexity index is 469. The summed E-state index contributed by atoms with van der Waals surface area (Å²) < 4.78 is 0.529. The van der Waals surface area contributed by atoms with Crippen molar-refractivity contribution in [3.05, 3.63) is 26.9 Å². The van der Waals surface area contributed by atoms with Crippen molar-refractivity contribution in [3.63, 3.8) is 0 Å². The van der Waals surface area contributed by atoms with Crippen molar-refractivity contribution < 1.29 is 10.0 Å². The first-order valence-corrected chi connectivity index (χ1v) is 6.14. The van der Waals surface area contributed by atoms with Crippen molar-refractivity contribution in [2.24, 2.45) is 0 Å². The van der Waals surface area contributed by atoms with Crippen molar-refractivity contribution in [2.75, 3.05) is 5.32 Å². The lowest BCUT2D eigenvalue weighted by Crippen LogP contribution is -2.51. The quantitative estimate of drug-likeness (QED) is 0.658. The fourth-order valence-electron chi connectivity index (χ4n) is 1.11. The molecule has 0 saturated heterocycles. The third-order valence-corrected chi connectivity index (χ3v) is 3.42. The Balaban J connectivity index is 3.16. The summed E-state index contributed by atoms with van der Waals surface area (Å²) in [5, 5.41) is 23.9. The van der Waals surface area contributed by atoms with Crippen molar-refractivity contribution in [1.82, 2.24) is 4.98 Å². The molecule has 0 aliphatic heterocycles. The Kier molecular flexibility index (Phi) is 3.97. The minimum atomic E-state index is -1.06. The van der Waals surface area contributed by atoms with Crippen LogP contribution in [0.15, 0.2) is 16.7 Å². The highest BCUT2D eigenvalue weighted by atomic mass is 79.9. The molecule has 0 saturated carbocycles. The van der Waals surface area contributed by atoms with Crippen LogP contribution in [0.4, 0.5) is 11.5 Å². The number of hydrogen-bond acceptors (Lipinski definition) is 5. The van der Waals surface area contributed by atoms with Gasteiger partial charge in [0.2, 0.25) is 5.82 Å². The molecule has 0 aliphatic carbocycles. The summed E-state index contributed by atoms with van der Waals surface area (Å²) >= 11 is 3.14. The third-order valence-electron chi connectivity index (χ3n) is 2.99. The number of pyridine rings is 1. The van der Waals surface area contributed by atoms with Crippen LogP contribution >= 0.6 is 15.9 Å². The second kappa shape index (κ2) is 4.81. The number of anilines is 1. The number of aliphatic hydroxyl groups is 1. The lowest BCUT2D eigenvalue weighted by Gasteiger charge is -2.38. The van der Waals surface area contributed by atoms with E-state index in [1.54, 1.807) is 27.7 Å². The summed E-state index contributed by atoms with van der Waals surface area (Å²) in [4.78, 5) is 14.4. The van der Waals surface area contributed by atoms with E-state index in [0.29, 0.717) is 4.47 Å². The van der Waals surface area contributed by atoms with Crippen LogP contribution in [0.3, 0.4) is 0 Å². The molecule has 1 rings (SSSR count). The van der Waals surface area contributed by atoms with Gasteiger partial charge in [-0.15, -0.1) is 0 Å². The molecule has 1 aromatic rings. The molecule has 0 aromatic carbocycles. The molecular weight excluding hydrogens is 302 g/mol. The normalized spacial score (nSPS) is 12.3. The van der Waals surface area contributed by atoms with Gasteiger partial charge in [0, 0.05) is 16.7 Å². The summed E-state index contributed by atoms with van der Waals surface area (Å²) in [6, 6.07) is 1.37. The molecule has 0 aliphatic rings. The minimum Gasteiger partial charge on any atom is -0.388 e. The zero-order valence-electron chi connectivity index (χ0n) is 10.7. The van der Waals surface area contributed by atoms with Crippen molar-refractivity contribution >= 4 is 27.4 Å². The highest BCUT2D eigenvalue weighted by Crippen LogP contribution is 2.31. The third kappa shape index (κ3) is 3.17. The monoisotopic (exact) mass is 317 g/mol. The number of nitrogens with one attached hydrogen (secondary N) is 1. The lowest BCUT2D eigenvalue weighted by atomic mass is 9.86. The number of halogens is 1. The molecule has 18 heavy (non-hydrogen) atoms. The van der Waals surface area contributed by atoms with Crippen LogP contribution in [-0.2, 0) is 0 Å². The highest BCUT2D eigenvalue weighted by molar-refractivity contribution is 9.10. The van der Waals surface area contributed by atoms with E-state index in [4.69, 9.17) is 0 Å². The number of aromatic nitrogens is 1. The van der Waals surface area contributed by atoms with E-state index in [1.807, 2.05) is 0 Å². The van der Waals surface area contributed by atoms with E-state index in [-0.39, 0.29) is 11.5 Å². The molecular formula is C11H16BrN3O3. The first-order valence-electron chi connectivity index (χ1n) is 5.35. The molecule has 0 radical (unpaired) electrons. The zero-order valence-corrected chi connectivity index (χ0v) is 12.3. The Hall–Kier alpha value is -1.21. The Morgan fingerprint density at radius 1 is 1.44 bits per heavy atom. The van der Waals surface area contributed by atoms with Crippen molar-refractivity contribution in [2.45, 2.75) is 38.8 Å². The van der Waals surface area contributed by atoms with Gasteiger partial charge in [0.05, 0.1) is 16.1 Å². The number of nitro groups is 1. The maximum Gasteiger partial charge on any atom is 0.312 e. The molecule has 0 bridgehead atoms. The van der Waals surface area contributed by atoms with Gasteiger partial charge in [-0.3, -0.25) is 10.1 Å². The highest BCUT2D eigenvalue weighted by Gasteiger charge is 2.36. The van der Waals surface area contributed by atoms with Crippen molar-refractivity contribution in [3.8, 4) is 0 Å². The van der Waals surface area contributed by atoms with Crippen LogP contribution in [0.2, 0.25) is 0 Å². The van der Waals surface area contributed by atoms with E-state index < -0.39 is 16.1 Å². The summed E-state index contributed by atoms with van der Waals surface area (Å²) in [6.45, 7) is 6.76. The van der Waals surface area contributed by atoms with Gasteiger partial charge in [0.15, 0.2) is 0 Å². The molecule has 100 valence electrons. The Morgan fingerprint density at radius 3 is 2.44 bits per heavy atom. The molecule has 1 heterocycles. The van der Waals surface area contributed by atoms with Gasteiger partial charge in [-0.05, 0) is 43.6 Å². The number of hydrogen-bond donors (Lipinski definition) is 2. The largest absolute Gasteiger partial charge is 0.388 e. The first kappa shape index (κ1) is 14.8. The van der Waals surface area contributed by atoms with Crippen LogP contribution in [0, 0.1) is 10.1 Å². The van der Waals surface area contributed by atoms with Crippen LogP contribution in [-0.4, -0.2) is 26.2 Å². The van der Waals surface area contributed by atoms with Crippen LogP contribution in [0.1, 0.15) is 27.7 Å². The predicted molar refractivity (Wildman–Crippen MR) is 72.6 cm³/mol. The second-order valence-corrected chi connectivity index (χ2v) is 6.00. The van der Waals surface area contributed by atoms with Gasteiger partial charge in [0.1, 0.15) is 0 Å². The van der Waals surface area contributed by atoms with Crippen molar-refractivity contribution in [1.29, 1.82) is 0 Å². The predicted octanol–water partition coefficient (Wildman–Crippen LogP) is 2.71. The summed E-state index contributed by atoms with van der Waals surface area (Å²) in [5.41, 5.74) is -1.96. The first-order chi connectivity index (χ1) is 8.04. The minimum absolute atomic E-state index is 0.135. The standard InChI is InChI=1S/C11H16BrN3O3/c1-10(2,11(3,4)16)14-9-8(15(17)18)5-7(12)6-13-9/h5-6,16H,1-4H3,(H,13,14). The summed E-state index contributed by atoms with van der Waals surface area (Å²) in [7, 11) is 0. The molecule has 1 aromatic heterocycles. The van der Waals surface area contributed by atoms with E-state index in [9.17, 15) is 15.2 Å². The molecule has 0 spiro atoms. The van der Waals surface area contributed by atoms with E-state index in [0.717, 1.165) is 0 Å². The maximum absolute atomic E-state index is 11.0. The Labute approximate surface area is 114 Å². The van der Waals surface area contributed by atoms with Crippen LogP contribution in [0.25, 0.3) is 0 Å². The summed E-state index contributed by atoms with van der Waals surface area (Å²) in [5.74, 6) is 0.135. The van der Waals surface area contributed by atoms with Gasteiger partial charge < -0.3 is 10.4 Å². The average Bonchev–Trinajstić information content (AvgIpc) is 2.18. The molecule has 0 amide bonds. The zero-order chi connectivity index (χ0) is 14.1. The fraction of sp³-hybridized carbons (Fsp3) is 0.545. The maximum atomic E-state index is 11.0. The van der Waals surface area contributed by atoms with Crippen LogP contribution in [0.5, 0.6) is 0 Å². The van der Waals surface area contributed by atoms with Gasteiger partial charge >= 0.3 is 5.69 Å². The van der Waals surface area contributed by atoms with Gasteiger partial charge in [-0.1, -0.05) is 0 Å². The molecule has 7 heteroatoms. The molecule has 6 nitrogen and oxygen atoms in total. The van der Waals surface area contributed by atoms with E-state index in [2.05, 4.69) is 26.2 Å². The van der Waals surface area contributed by atoms with Crippen LogP contribution < -0.4 is 5.32 Å². The topological polar surface area (TPSA) is 88.3 Å². The average molecular weight is 318 g/mol. The molecule has 0 fully saturated rings. The number of nitrogens with zero attached hydrogens (tertiary/aromatic N) is 2. The lowest BCUT2D eigenvalue weighted by molar-refractivity contribution is -0.384. The van der Waals surface area contributed by atoms with Gasteiger partial charge in [-0.25, -0.2) is 4.98 Å². The van der Waals surface area contributed by atoms with Gasteiger partial charge in [0.25, 0.3) is 0 Å². The van der Waals surface area contributed by atoms with E-state index >= 15 is 0 Å². The summed E-state index contributed by atoms with van der Waals surface area (Å²) in [6.07, 6.45) is 1.47. The smallest absolute Gasteiger partial charge is 0.312 e.